The molecule has 3 N–H and O–H groups in total. The van der Waals surface area contributed by atoms with E-state index in [1.165, 1.54) is 6.08 Å². The number of ketones is 1. The van der Waals surface area contributed by atoms with E-state index in [0.717, 1.165) is 17.3 Å². The van der Waals surface area contributed by atoms with E-state index in [1.807, 2.05) is 6.07 Å². The van der Waals surface area contributed by atoms with Crippen LogP contribution in [-0.2, 0) is 9.59 Å². The van der Waals surface area contributed by atoms with Gasteiger partial charge in [-0.1, -0.05) is 23.9 Å². The monoisotopic (exact) mass is 439 g/mol. The first kappa shape index (κ1) is 22.1. The van der Waals surface area contributed by atoms with E-state index in [0.29, 0.717) is 22.7 Å². The number of hydrogen-bond donors (Lipinski definition) is 2. The molecule has 0 saturated carbocycles. The summed E-state index contributed by atoms with van der Waals surface area (Å²) in [6.45, 7) is 0. The van der Waals surface area contributed by atoms with E-state index in [9.17, 15) is 14.4 Å². The van der Waals surface area contributed by atoms with Gasteiger partial charge in [-0.3, -0.25) is 14.4 Å². The molecule has 2 aromatic carbocycles. The molecular formula is C22H21N3O5S. The summed E-state index contributed by atoms with van der Waals surface area (Å²) in [5.74, 6) is 0.260. The summed E-state index contributed by atoms with van der Waals surface area (Å²) in [6.07, 6.45) is 3.12. The van der Waals surface area contributed by atoms with Gasteiger partial charge in [0.05, 0.1) is 14.2 Å². The highest BCUT2D eigenvalue weighted by atomic mass is 32.2. The van der Waals surface area contributed by atoms with Crippen molar-refractivity contribution in [2.75, 3.05) is 19.5 Å². The summed E-state index contributed by atoms with van der Waals surface area (Å²) in [5, 5.41) is 2.28. The van der Waals surface area contributed by atoms with Crippen LogP contribution >= 0.6 is 11.8 Å². The number of ether oxygens (including phenoxy) is 2. The van der Waals surface area contributed by atoms with Gasteiger partial charge >= 0.3 is 0 Å². The highest BCUT2D eigenvalue weighted by Crippen LogP contribution is 2.28. The Morgan fingerprint density at radius 3 is 2.45 bits per heavy atom. The maximum Gasteiger partial charge on any atom is 0.262 e. The molecule has 1 heterocycles. The first-order valence-electron chi connectivity index (χ1n) is 9.28. The van der Waals surface area contributed by atoms with Crippen molar-refractivity contribution < 1.29 is 23.9 Å². The minimum atomic E-state index is -0.595. The lowest BCUT2D eigenvalue weighted by Gasteiger charge is -2.08. The number of nitrogens with zero attached hydrogens (tertiary/aromatic N) is 1. The lowest BCUT2D eigenvalue weighted by Crippen LogP contribution is -2.21. The van der Waals surface area contributed by atoms with Crippen molar-refractivity contribution in [1.29, 1.82) is 0 Å². The lowest BCUT2D eigenvalue weighted by molar-refractivity contribution is -0.121. The zero-order valence-corrected chi connectivity index (χ0v) is 17.8. The molecule has 31 heavy (non-hydrogen) atoms. The molecule has 0 saturated heterocycles. The third-order valence-electron chi connectivity index (χ3n) is 4.42. The molecule has 160 valence electrons. The summed E-state index contributed by atoms with van der Waals surface area (Å²) in [7, 11) is 3.10. The molecule has 2 aromatic rings. The van der Waals surface area contributed by atoms with E-state index < -0.39 is 11.2 Å². The minimum Gasteiger partial charge on any atom is -0.493 e. The summed E-state index contributed by atoms with van der Waals surface area (Å²) in [6, 6.07) is 11.8. The fraction of sp³-hybridized carbons (Fsp3) is 0.182. The van der Waals surface area contributed by atoms with Gasteiger partial charge in [0.2, 0.25) is 5.91 Å². The van der Waals surface area contributed by atoms with Crippen LogP contribution in [-0.4, -0.2) is 42.2 Å². The summed E-state index contributed by atoms with van der Waals surface area (Å²) < 4.78 is 10.5. The molecular weight excluding hydrogens is 418 g/mol. The SMILES string of the molecule is COc1ccc(/C=C/C(=O)c2ccc(NC(=O)CC3SC(N)=NC3=O)cc2)cc1OC. The van der Waals surface area contributed by atoms with Crippen molar-refractivity contribution in [3.05, 3.63) is 59.7 Å². The molecule has 0 radical (unpaired) electrons. The number of nitrogens with one attached hydrogen (secondary N) is 1. The van der Waals surface area contributed by atoms with Gasteiger partial charge in [-0.2, -0.15) is 4.99 Å². The Balaban J connectivity index is 1.58. The molecule has 0 bridgehead atoms. The number of allylic oxidation sites excluding steroid dienone is 1. The van der Waals surface area contributed by atoms with Gasteiger partial charge in [0.1, 0.15) is 5.25 Å². The van der Waals surface area contributed by atoms with Crippen LogP contribution in [0.25, 0.3) is 6.08 Å². The summed E-state index contributed by atoms with van der Waals surface area (Å²) in [4.78, 5) is 39.8. The van der Waals surface area contributed by atoms with Crippen molar-refractivity contribution in [2.24, 2.45) is 10.7 Å². The third-order valence-corrected chi connectivity index (χ3v) is 5.40. The average Bonchev–Trinajstić information content (AvgIpc) is 3.08. The number of benzene rings is 2. The van der Waals surface area contributed by atoms with Gasteiger partial charge < -0.3 is 20.5 Å². The molecule has 1 unspecified atom stereocenters. The van der Waals surface area contributed by atoms with E-state index in [4.69, 9.17) is 15.2 Å². The second kappa shape index (κ2) is 9.94. The fourth-order valence-electron chi connectivity index (χ4n) is 2.85. The van der Waals surface area contributed by atoms with E-state index in [1.54, 1.807) is 56.7 Å². The van der Waals surface area contributed by atoms with Crippen LogP contribution in [0.2, 0.25) is 0 Å². The number of methoxy groups -OCH3 is 2. The summed E-state index contributed by atoms with van der Waals surface area (Å²) in [5.41, 5.74) is 7.27. The number of nitrogens with two attached hydrogens (primary N) is 1. The molecule has 1 atom stereocenters. The normalized spacial score (nSPS) is 15.6. The van der Waals surface area contributed by atoms with Gasteiger partial charge in [-0.05, 0) is 48.0 Å². The number of thioether (sulfide) groups is 1. The van der Waals surface area contributed by atoms with Crippen LogP contribution in [0.1, 0.15) is 22.3 Å². The highest BCUT2D eigenvalue weighted by molar-refractivity contribution is 8.15. The molecule has 0 aromatic heterocycles. The number of amidine groups is 1. The molecule has 3 rings (SSSR count). The predicted octanol–water partition coefficient (Wildman–Crippen LogP) is 2.89. The van der Waals surface area contributed by atoms with Crippen LogP contribution in [0.4, 0.5) is 5.69 Å². The molecule has 1 aliphatic rings. The second-order valence-corrected chi connectivity index (χ2v) is 7.76. The number of amides is 2. The number of carbonyl (C=O) groups is 3. The summed E-state index contributed by atoms with van der Waals surface area (Å²) >= 11 is 1.08. The smallest absolute Gasteiger partial charge is 0.262 e. The number of hydrogen-bond acceptors (Lipinski definition) is 7. The second-order valence-electron chi connectivity index (χ2n) is 6.54. The molecule has 9 heteroatoms. The minimum absolute atomic E-state index is 0.0254. The first-order valence-corrected chi connectivity index (χ1v) is 10.2. The molecule has 8 nitrogen and oxygen atoms in total. The highest BCUT2D eigenvalue weighted by Gasteiger charge is 2.29. The maximum absolute atomic E-state index is 12.4. The van der Waals surface area contributed by atoms with E-state index >= 15 is 0 Å². The van der Waals surface area contributed by atoms with Crippen LogP contribution < -0.4 is 20.5 Å². The standard InChI is InChI=1S/C22H21N3O5S/c1-29-17-10-4-13(11-18(17)30-2)3-9-16(26)14-5-7-15(8-6-14)24-20(27)12-19-21(28)25-22(23)31-19/h3-11,19H,12H2,1-2H3,(H,24,27)(H2,23,25,28)/b9-3+. The zero-order chi connectivity index (χ0) is 22.4. The van der Waals surface area contributed by atoms with E-state index in [-0.39, 0.29) is 23.3 Å². The lowest BCUT2D eigenvalue weighted by atomic mass is 10.1. The molecule has 0 fully saturated rings. The van der Waals surface area contributed by atoms with Gasteiger partial charge in [-0.25, -0.2) is 0 Å². The van der Waals surface area contributed by atoms with Crippen molar-refractivity contribution in [3.63, 3.8) is 0 Å². The molecule has 2 amide bonds. The number of carbonyl (C=O) groups excluding carboxylic acids is 3. The van der Waals surface area contributed by atoms with Crippen molar-refractivity contribution >= 4 is 46.3 Å². The number of rotatable bonds is 8. The zero-order valence-electron chi connectivity index (χ0n) is 17.0. The Hall–Kier alpha value is -3.59. The first-order chi connectivity index (χ1) is 14.9. The van der Waals surface area contributed by atoms with Gasteiger partial charge in [0.15, 0.2) is 22.4 Å². The maximum atomic E-state index is 12.4. The molecule has 0 aliphatic carbocycles. The quantitative estimate of drug-likeness (QED) is 0.479. The Kier molecular flexibility index (Phi) is 7.09. The van der Waals surface area contributed by atoms with Crippen molar-refractivity contribution in [3.8, 4) is 11.5 Å². The Bertz CT molecular complexity index is 1060. The van der Waals surface area contributed by atoms with Crippen molar-refractivity contribution in [1.82, 2.24) is 0 Å². The third kappa shape index (κ3) is 5.73. The van der Waals surface area contributed by atoms with Gasteiger partial charge in [0.25, 0.3) is 5.91 Å². The fourth-order valence-corrected chi connectivity index (χ4v) is 3.68. The van der Waals surface area contributed by atoms with Crippen LogP contribution in [0.5, 0.6) is 11.5 Å². The average molecular weight is 439 g/mol. The van der Waals surface area contributed by atoms with Crippen LogP contribution in [0.3, 0.4) is 0 Å². The van der Waals surface area contributed by atoms with E-state index in [2.05, 4.69) is 10.3 Å². The number of aliphatic imine (C=N–C) groups is 1. The molecule has 1 aliphatic heterocycles. The topological polar surface area (TPSA) is 120 Å². The number of anilines is 1. The van der Waals surface area contributed by atoms with Crippen LogP contribution in [0.15, 0.2) is 53.5 Å². The van der Waals surface area contributed by atoms with Crippen molar-refractivity contribution in [2.45, 2.75) is 11.7 Å². The Labute approximate surface area is 183 Å². The predicted molar refractivity (Wildman–Crippen MR) is 121 cm³/mol. The Morgan fingerprint density at radius 2 is 1.84 bits per heavy atom. The largest absolute Gasteiger partial charge is 0.493 e. The molecule has 0 spiro atoms. The Morgan fingerprint density at radius 1 is 1.13 bits per heavy atom. The van der Waals surface area contributed by atoms with Gasteiger partial charge in [-0.15, -0.1) is 0 Å². The van der Waals surface area contributed by atoms with Crippen LogP contribution in [0, 0.1) is 0 Å². The van der Waals surface area contributed by atoms with Gasteiger partial charge in [0, 0.05) is 17.7 Å².